The van der Waals surface area contributed by atoms with Crippen molar-refractivity contribution in [1.82, 2.24) is 4.90 Å². The minimum atomic E-state index is 0. The number of hydrogen-bond donors (Lipinski definition) is 0. The summed E-state index contributed by atoms with van der Waals surface area (Å²) in [5.41, 5.74) is 5.26. The fourth-order valence-corrected chi connectivity index (χ4v) is 6.02. The predicted molar refractivity (Wildman–Crippen MR) is 131 cm³/mol. The number of hydrogen-bond acceptors (Lipinski definition) is 3. The molecule has 1 heterocycles. The summed E-state index contributed by atoms with van der Waals surface area (Å²) in [5, 5.41) is 0. The molecule has 166 valence electrons. The third-order valence-corrected chi connectivity index (χ3v) is 6.78. The number of nitrogens with zero attached hydrogens (tertiary/aromatic N) is 3. The first-order chi connectivity index (χ1) is 13.1. The van der Waals surface area contributed by atoms with Crippen molar-refractivity contribution in [3.05, 3.63) is 23.8 Å². The van der Waals surface area contributed by atoms with Crippen molar-refractivity contribution >= 4 is 23.8 Å². The Bertz CT molecular complexity index is 644. The van der Waals surface area contributed by atoms with Crippen LogP contribution in [0, 0.1) is 10.8 Å². The Kier molecular flexibility index (Phi) is 7.95. The number of piperazine rings is 1. The van der Waals surface area contributed by atoms with Gasteiger partial charge in [-0.2, -0.15) is 0 Å². The van der Waals surface area contributed by atoms with Crippen LogP contribution in [0.4, 0.5) is 11.4 Å². The molecule has 3 nitrogen and oxygen atoms in total. The average molecular weight is 422 g/mol. The molecular formula is C25H44ClN3. The molecule has 1 saturated heterocycles. The second-order valence-electron chi connectivity index (χ2n) is 11.1. The van der Waals surface area contributed by atoms with Gasteiger partial charge in [-0.3, -0.25) is 4.90 Å². The maximum Gasteiger partial charge on any atom is 0.0423 e. The molecule has 1 aliphatic carbocycles. The summed E-state index contributed by atoms with van der Waals surface area (Å²) in [4.78, 5) is 7.54. The smallest absolute Gasteiger partial charge is 0.0423 e. The number of benzene rings is 1. The van der Waals surface area contributed by atoms with E-state index in [9.17, 15) is 0 Å². The fraction of sp³-hybridized carbons (Fsp3) is 0.760. The molecule has 2 aliphatic rings. The maximum atomic E-state index is 2.67. The number of anilines is 2. The van der Waals surface area contributed by atoms with Gasteiger partial charge in [0, 0.05) is 51.6 Å². The highest BCUT2D eigenvalue weighted by Crippen LogP contribution is 2.53. The summed E-state index contributed by atoms with van der Waals surface area (Å²) in [6.45, 7) is 18.1. The van der Waals surface area contributed by atoms with Crippen molar-refractivity contribution in [2.75, 3.05) is 56.6 Å². The summed E-state index contributed by atoms with van der Waals surface area (Å²) in [7, 11) is 4.32. The van der Waals surface area contributed by atoms with Crippen LogP contribution in [0.1, 0.15) is 71.8 Å². The van der Waals surface area contributed by atoms with Gasteiger partial charge in [-0.1, -0.05) is 40.7 Å². The molecule has 1 aliphatic heterocycles. The van der Waals surface area contributed by atoms with Crippen LogP contribution in [0.25, 0.3) is 0 Å². The summed E-state index contributed by atoms with van der Waals surface area (Å²) >= 11 is 0. The molecule has 0 atom stereocenters. The SMILES string of the molecule is CCCN1CCN(c2cc(N(C)C)ccc2C2CC(C)(C)CC(C)(C)C2)CC1.Cl. The zero-order valence-corrected chi connectivity index (χ0v) is 20.7. The third-order valence-electron chi connectivity index (χ3n) is 6.78. The summed E-state index contributed by atoms with van der Waals surface area (Å²) in [6.07, 6.45) is 5.20. The Morgan fingerprint density at radius 2 is 1.55 bits per heavy atom. The number of rotatable bonds is 5. The Hall–Kier alpha value is -0.930. The van der Waals surface area contributed by atoms with Gasteiger partial charge in [0.15, 0.2) is 0 Å². The first kappa shape index (κ1) is 24.3. The van der Waals surface area contributed by atoms with E-state index >= 15 is 0 Å². The van der Waals surface area contributed by atoms with Crippen LogP contribution in [-0.2, 0) is 0 Å². The van der Waals surface area contributed by atoms with Gasteiger partial charge < -0.3 is 9.80 Å². The van der Waals surface area contributed by atoms with E-state index in [2.05, 4.69) is 81.6 Å². The van der Waals surface area contributed by atoms with Gasteiger partial charge >= 0.3 is 0 Å². The van der Waals surface area contributed by atoms with Crippen molar-refractivity contribution in [1.29, 1.82) is 0 Å². The highest BCUT2D eigenvalue weighted by atomic mass is 35.5. The standard InChI is InChI=1S/C25H43N3.ClH/c1-8-11-27-12-14-28(15-13-27)23-16-21(26(6)7)9-10-22(23)20-17-24(2,3)19-25(4,5)18-20;/h9-10,16,20H,8,11-15,17-19H2,1-7H3;1H. The lowest BCUT2D eigenvalue weighted by atomic mass is 9.60. The molecule has 0 radical (unpaired) electrons. The Balaban J connectivity index is 0.00000300. The Labute approximate surface area is 186 Å². The van der Waals surface area contributed by atoms with E-state index in [1.54, 1.807) is 5.56 Å². The van der Waals surface area contributed by atoms with E-state index in [0.717, 1.165) is 13.1 Å². The van der Waals surface area contributed by atoms with Crippen molar-refractivity contribution in [2.24, 2.45) is 10.8 Å². The Morgan fingerprint density at radius 3 is 2.07 bits per heavy atom. The van der Waals surface area contributed by atoms with Crippen molar-refractivity contribution in [3.8, 4) is 0 Å². The van der Waals surface area contributed by atoms with Gasteiger partial charge in [0.05, 0.1) is 0 Å². The van der Waals surface area contributed by atoms with Gasteiger partial charge in [-0.05, 0) is 66.7 Å². The van der Waals surface area contributed by atoms with Crippen molar-refractivity contribution < 1.29 is 0 Å². The van der Waals surface area contributed by atoms with E-state index in [4.69, 9.17) is 0 Å². The second-order valence-corrected chi connectivity index (χ2v) is 11.1. The molecule has 0 amide bonds. The third kappa shape index (κ3) is 6.04. The lowest BCUT2D eigenvalue weighted by molar-refractivity contribution is 0.0970. The molecule has 0 bridgehead atoms. The van der Waals surface area contributed by atoms with Gasteiger partial charge in [0.2, 0.25) is 0 Å². The van der Waals surface area contributed by atoms with Crippen LogP contribution >= 0.6 is 12.4 Å². The minimum Gasteiger partial charge on any atom is -0.378 e. The molecule has 0 unspecified atom stereocenters. The zero-order chi connectivity index (χ0) is 20.5. The zero-order valence-electron chi connectivity index (χ0n) is 19.9. The molecule has 4 heteroatoms. The van der Waals surface area contributed by atoms with Crippen LogP contribution in [-0.4, -0.2) is 51.7 Å². The molecule has 2 fully saturated rings. The monoisotopic (exact) mass is 421 g/mol. The number of halogens is 1. The summed E-state index contributed by atoms with van der Waals surface area (Å²) < 4.78 is 0. The molecule has 0 spiro atoms. The molecule has 0 aromatic heterocycles. The first-order valence-corrected chi connectivity index (χ1v) is 11.4. The minimum absolute atomic E-state index is 0. The first-order valence-electron chi connectivity index (χ1n) is 11.4. The van der Waals surface area contributed by atoms with E-state index in [1.165, 1.54) is 56.7 Å². The van der Waals surface area contributed by atoms with Gasteiger partial charge in [0.1, 0.15) is 0 Å². The van der Waals surface area contributed by atoms with Crippen molar-refractivity contribution in [2.45, 2.75) is 66.2 Å². The molecule has 1 saturated carbocycles. The quantitative estimate of drug-likeness (QED) is 0.574. The van der Waals surface area contributed by atoms with Gasteiger partial charge in [-0.15, -0.1) is 12.4 Å². The molecule has 1 aromatic carbocycles. The van der Waals surface area contributed by atoms with Crippen LogP contribution in [0.15, 0.2) is 18.2 Å². The van der Waals surface area contributed by atoms with E-state index in [-0.39, 0.29) is 12.4 Å². The molecule has 0 N–H and O–H groups in total. The molecule has 1 aromatic rings. The maximum absolute atomic E-state index is 2.67. The second kappa shape index (κ2) is 9.47. The highest BCUT2D eigenvalue weighted by molar-refractivity contribution is 5.85. The van der Waals surface area contributed by atoms with E-state index in [1.807, 2.05) is 0 Å². The predicted octanol–water partition coefficient (Wildman–Crippen LogP) is 6.03. The summed E-state index contributed by atoms with van der Waals surface area (Å²) in [5.74, 6) is 0.665. The Morgan fingerprint density at radius 1 is 0.966 bits per heavy atom. The van der Waals surface area contributed by atoms with E-state index < -0.39 is 0 Å². The molecule has 3 rings (SSSR count). The largest absolute Gasteiger partial charge is 0.378 e. The fourth-order valence-electron chi connectivity index (χ4n) is 6.02. The highest BCUT2D eigenvalue weighted by Gasteiger charge is 2.40. The molecular weight excluding hydrogens is 378 g/mol. The van der Waals surface area contributed by atoms with Crippen LogP contribution < -0.4 is 9.80 Å². The van der Waals surface area contributed by atoms with Crippen molar-refractivity contribution in [3.63, 3.8) is 0 Å². The molecule has 29 heavy (non-hydrogen) atoms. The lowest BCUT2D eigenvalue weighted by Crippen LogP contribution is -2.47. The normalized spacial score (nSPS) is 22.2. The van der Waals surface area contributed by atoms with E-state index in [0.29, 0.717) is 16.7 Å². The average Bonchev–Trinajstić information content (AvgIpc) is 2.59. The van der Waals surface area contributed by atoms with Crippen LogP contribution in [0.3, 0.4) is 0 Å². The van der Waals surface area contributed by atoms with Crippen LogP contribution in [0.2, 0.25) is 0 Å². The summed E-state index contributed by atoms with van der Waals surface area (Å²) in [6, 6.07) is 7.24. The van der Waals surface area contributed by atoms with Crippen LogP contribution in [0.5, 0.6) is 0 Å². The van der Waals surface area contributed by atoms with Gasteiger partial charge in [-0.25, -0.2) is 0 Å². The topological polar surface area (TPSA) is 9.72 Å². The lowest BCUT2D eigenvalue weighted by Gasteiger charge is -2.46. The van der Waals surface area contributed by atoms with Gasteiger partial charge in [0.25, 0.3) is 0 Å².